The monoisotopic (exact) mass is 509 g/mol. The molecule has 0 radical (unpaired) electrons. The second-order valence-electron chi connectivity index (χ2n) is 7.50. The van der Waals surface area contributed by atoms with Crippen LogP contribution in [0.3, 0.4) is 0 Å². The van der Waals surface area contributed by atoms with Crippen molar-refractivity contribution in [2.75, 3.05) is 13.7 Å². The summed E-state index contributed by atoms with van der Waals surface area (Å²) in [6.07, 6.45) is -10.3. The molecule has 0 aromatic carbocycles. The van der Waals surface area contributed by atoms with E-state index in [0.29, 0.717) is 0 Å². The molecule has 1 heterocycles. The van der Waals surface area contributed by atoms with Gasteiger partial charge in [-0.2, -0.15) is 0 Å². The lowest BCUT2D eigenvalue weighted by atomic mass is 9.86. The molecule has 0 spiro atoms. The highest BCUT2D eigenvalue weighted by atomic mass is 19.1. The van der Waals surface area contributed by atoms with Gasteiger partial charge in [-0.3, -0.25) is 24.0 Å². The van der Waals surface area contributed by atoms with Gasteiger partial charge in [0.05, 0.1) is 13.2 Å². The van der Waals surface area contributed by atoms with Crippen LogP contribution in [0.25, 0.3) is 0 Å². The number of alkyl halides is 1. The number of carbonyl (C=O) groups is 6. The van der Waals surface area contributed by atoms with Crippen LogP contribution in [0.15, 0.2) is 0 Å². The summed E-state index contributed by atoms with van der Waals surface area (Å²) in [5.74, 6) is -9.71. The third-order valence-corrected chi connectivity index (χ3v) is 4.60. The number of methoxy groups -OCH3 is 1. The maximum Gasteiger partial charge on any atom is 0.369 e. The van der Waals surface area contributed by atoms with Crippen LogP contribution in [-0.2, 0) is 57.2 Å². The summed E-state index contributed by atoms with van der Waals surface area (Å²) in [4.78, 5) is 70.8. The third kappa shape index (κ3) is 7.85. The van der Waals surface area contributed by atoms with Gasteiger partial charge in [-0.25, -0.2) is 9.18 Å². The Morgan fingerprint density at radius 3 is 1.97 bits per heavy atom. The highest BCUT2D eigenvalue weighted by Gasteiger charge is 2.64. The van der Waals surface area contributed by atoms with Gasteiger partial charge < -0.3 is 38.8 Å². The van der Waals surface area contributed by atoms with E-state index in [0.717, 1.165) is 41.7 Å². The average molecular weight is 509 g/mol. The van der Waals surface area contributed by atoms with Crippen molar-refractivity contribution in [3.05, 3.63) is 0 Å². The van der Waals surface area contributed by atoms with E-state index in [1.165, 1.54) is 0 Å². The Morgan fingerprint density at radius 2 is 1.54 bits per heavy atom. The fraction of sp³-hybridized carbons (Fsp3) is 0.700. The smallest absolute Gasteiger partial charge is 0.369 e. The van der Waals surface area contributed by atoms with Crippen molar-refractivity contribution in [2.24, 2.45) is 0 Å². The van der Waals surface area contributed by atoms with Crippen LogP contribution >= 0.6 is 0 Å². The van der Waals surface area contributed by atoms with Crippen molar-refractivity contribution in [1.82, 2.24) is 5.32 Å². The van der Waals surface area contributed by atoms with Crippen LogP contribution in [0.1, 0.15) is 34.6 Å². The van der Waals surface area contributed by atoms with Crippen LogP contribution in [0, 0.1) is 0 Å². The summed E-state index contributed by atoms with van der Waals surface area (Å²) in [7, 11) is 0.804. The molecular weight excluding hydrogens is 481 g/mol. The average Bonchev–Trinajstić information content (AvgIpc) is 2.73. The molecule has 2 N–H and O–H groups in total. The quantitative estimate of drug-likeness (QED) is 0.268. The minimum atomic E-state index is -3.42. The van der Waals surface area contributed by atoms with Gasteiger partial charge in [-0.05, 0) is 0 Å². The van der Waals surface area contributed by atoms with Gasteiger partial charge in [0.1, 0.15) is 12.7 Å². The molecule has 35 heavy (non-hydrogen) atoms. The van der Waals surface area contributed by atoms with E-state index in [1.807, 2.05) is 0 Å². The van der Waals surface area contributed by atoms with Crippen molar-refractivity contribution in [3.8, 4) is 0 Å². The Labute approximate surface area is 199 Å². The van der Waals surface area contributed by atoms with Crippen LogP contribution < -0.4 is 5.32 Å². The number of carbonyl (C=O) groups excluding carboxylic acids is 6. The van der Waals surface area contributed by atoms with Gasteiger partial charge in [-0.15, -0.1) is 0 Å². The zero-order valence-corrected chi connectivity index (χ0v) is 19.9. The van der Waals surface area contributed by atoms with Crippen molar-refractivity contribution in [3.63, 3.8) is 0 Å². The van der Waals surface area contributed by atoms with Gasteiger partial charge in [0.2, 0.25) is 12.1 Å². The number of amides is 1. The molecule has 198 valence electrons. The second-order valence-corrected chi connectivity index (χ2v) is 7.50. The van der Waals surface area contributed by atoms with E-state index < -0.39 is 84.8 Å². The Hall–Kier alpha value is -3.33. The topological polar surface area (TPSA) is 190 Å². The van der Waals surface area contributed by atoms with Crippen molar-refractivity contribution < 1.29 is 66.7 Å². The van der Waals surface area contributed by atoms with Crippen LogP contribution in [0.5, 0.6) is 0 Å². The Bertz CT molecular complexity index is 849. The summed E-state index contributed by atoms with van der Waals surface area (Å²) in [5.41, 5.74) is 0. The molecule has 1 saturated heterocycles. The van der Waals surface area contributed by atoms with Gasteiger partial charge in [0.25, 0.3) is 0 Å². The molecule has 1 aliphatic rings. The van der Waals surface area contributed by atoms with Crippen LogP contribution in [-0.4, -0.2) is 97.0 Å². The van der Waals surface area contributed by atoms with E-state index in [9.17, 15) is 33.9 Å². The zero-order chi connectivity index (χ0) is 27.1. The van der Waals surface area contributed by atoms with Gasteiger partial charge in [-0.1, -0.05) is 0 Å². The second kappa shape index (κ2) is 12.4. The molecule has 0 aromatic heterocycles. The molecule has 1 rings (SSSR count). The zero-order valence-electron chi connectivity index (χ0n) is 19.9. The fourth-order valence-corrected chi connectivity index (χ4v) is 3.39. The minimum absolute atomic E-state index is 0.715. The summed E-state index contributed by atoms with van der Waals surface area (Å²) in [5, 5.41) is 13.0. The first-order valence-electron chi connectivity index (χ1n) is 10.2. The van der Waals surface area contributed by atoms with E-state index in [-0.39, 0.29) is 0 Å². The molecule has 0 aromatic rings. The molecule has 15 heteroatoms. The highest BCUT2D eigenvalue weighted by Crippen LogP contribution is 2.36. The summed E-state index contributed by atoms with van der Waals surface area (Å²) >= 11 is 0. The first kappa shape index (κ1) is 29.7. The lowest BCUT2D eigenvalue weighted by Gasteiger charge is -2.48. The lowest BCUT2D eigenvalue weighted by Crippen LogP contribution is -2.73. The normalized spacial score (nSPS) is 27.4. The van der Waals surface area contributed by atoms with Gasteiger partial charge in [0, 0.05) is 34.6 Å². The maximum atomic E-state index is 15.4. The fourth-order valence-electron chi connectivity index (χ4n) is 3.39. The summed E-state index contributed by atoms with van der Waals surface area (Å²) < 4.78 is 45.1. The molecular formula is C20H28FNO13. The SMILES string of the molecule is COC(=O)[C@@]1(O)O[C@@H]([C@H](OC(C)=O)[C@@H](COC(C)=O)OC(C)=O)[C@H](NC(C)=O)[C@@H](OC(C)=O)[C@H]1F. The standard InChI is InChI=1S/C20H28FNO13/c1-8(23)22-14-16(15(33-11(4)26)13(32-10(3)25)7-31-9(2)24)35-20(29,19(28)30-6)18(21)17(14)34-12(5)27/h13-18,29H,7H2,1-6H3,(H,22,23)/t13-,14+,15-,16-,17-,18-,20+/m1/s1. The van der Waals surface area contributed by atoms with E-state index in [2.05, 4.69) is 10.1 Å². The first-order valence-corrected chi connectivity index (χ1v) is 10.2. The van der Waals surface area contributed by atoms with Crippen molar-refractivity contribution >= 4 is 35.8 Å². The van der Waals surface area contributed by atoms with Gasteiger partial charge >= 0.3 is 35.6 Å². The highest BCUT2D eigenvalue weighted by molar-refractivity contribution is 5.79. The number of aliphatic hydroxyl groups is 1. The number of esters is 5. The molecule has 1 fully saturated rings. The van der Waals surface area contributed by atoms with Crippen LogP contribution in [0.2, 0.25) is 0 Å². The molecule has 0 saturated carbocycles. The molecule has 1 aliphatic heterocycles. The molecule has 1 amide bonds. The third-order valence-electron chi connectivity index (χ3n) is 4.60. The number of hydrogen-bond donors (Lipinski definition) is 2. The number of ether oxygens (including phenoxy) is 6. The predicted octanol–water partition coefficient (Wildman–Crippen LogP) is -1.55. The largest absolute Gasteiger partial charge is 0.465 e. The minimum Gasteiger partial charge on any atom is -0.465 e. The molecule has 14 nitrogen and oxygen atoms in total. The Balaban J connectivity index is 3.74. The number of rotatable bonds is 9. The summed E-state index contributed by atoms with van der Waals surface area (Å²) in [6.45, 7) is 4.14. The van der Waals surface area contributed by atoms with Crippen LogP contribution in [0.4, 0.5) is 4.39 Å². The maximum absolute atomic E-state index is 15.4. The van der Waals surface area contributed by atoms with Crippen molar-refractivity contribution in [1.29, 1.82) is 0 Å². The van der Waals surface area contributed by atoms with Crippen molar-refractivity contribution in [2.45, 2.75) is 77.0 Å². The summed E-state index contributed by atoms with van der Waals surface area (Å²) in [6, 6.07) is -1.71. The van der Waals surface area contributed by atoms with E-state index in [4.69, 9.17) is 23.7 Å². The number of nitrogens with one attached hydrogen (secondary N) is 1. The van der Waals surface area contributed by atoms with Gasteiger partial charge in [0.15, 0.2) is 18.3 Å². The number of halogens is 1. The van der Waals surface area contributed by atoms with E-state index >= 15 is 4.39 Å². The molecule has 0 aliphatic carbocycles. The van der Waals surface area contributed by atoms with E-state index in [1.54, 1.807) is 0 Å². The predicted molar refractivity (Wildman–Crippen MR) is 108 cm³/mol. The molecule has 0 unspecified atom stereocenters. The first-order chi connectivity index (χ1) is 16.1. The molecule has 7 atom stereocenters. The number of hydrogen-bond acceptors (Lipinski definition) is 13. The lowest BCUT2D eigenvalue weighted by molar-refractivity contribution is -0.323. The Kier molecular flexibility index (Phi) is 10.5. The Morgan fingerprint density at radius 1 is 0.971 bits per heavy atom. The molecule has 0 bridgehead atoms.